The Balaban J connectivity index is 1.70. The maximum atomic E-state index is 13.4. The molecule has 0 radical (unpaired) electrons. The first-order chi connectivity index (χ1) is 12.7. The summed E-state index contributed by atoms with van der Waals surface area (Å²) in [7, 11) is -3.90. The molecule has 146 valence electrons. The van der Waals surface area contributed by atoms with Crippen LogP contribution in [0.2, 0.25) is 0 Å². The van der Waals surface area contributed by atoms with Gasteiger partial charge >= 0.3 is 0 Å². The van der Waals surface area contributed by atoms with Crippen LogP contribution in [0.5, 0.6) is 0 Å². The third-order valence-electron chi connectivity index (χ3n) is 6.14. The van der Waals surface area contributed by atoms with Gasteiger partial charge in [-0.3, -0.25) is 9.59 Å². The zero-order valence-corrected chi connectivity index (χ0v) is 16.3. The largest absolute Gasteiger partial charge is 0.338 e. The zero-order chi connectivity index (χ0) is 19.4. The van der Waals surface area contributed by atoms with Gasteiger partial charge in [0.05, 0.1) is 4.90 Å². The Hall–Kier alpha value is -1.93. The molecular weight excluding hydrogens is 366 g/mol. The molecule has 1 spiro atoms. The van der Waals surface area contributed by atoms with Gasteiger partial charge in [-0.2, -0.15) is 0 Å². The van der Waals surface area contributed by atoms with Gasteiger partial charge in [-0.05, 0) is 63.1 Å². The highest BCUT2D eigenvalue weighted by Gasteiger charge is 2.54. The molecule has 3 aliphatic rings. The molecule has 2 N–H and O–H groups in total. The maximum absolute atomic E-state index is 13.4. The molecule has 1 aliphatic carbocycles. The van der Waals surface area contributed by atoms with E-state index in [-0.39, 0.29) is 16.7 Å². The van der Waals surface area contributed by atoms with Crippen molar-refractivity contribution in [1.29, 1.82) is 0 Å². The first-order valence-corrected chi connectivity index (χ1v) is 11.1. The number of rotatable bonds is 3. The molecule has 4 rings (SSSR count). The van der Waals surface area contributed by atoms with Crippen molar-refractivity contribution in [1.82, 2.24) is 9.80 Å². The lowest BCUT2D eigenvalue weighted by Gasteiger charge is -2.45. The molecule has 1 atom stereocenters. The van der Waals surface area contributed by atoms with E-state index in [2.05, 4.69) is 0 Å². The molecule has 8 heteroatoms. The number of aryl methyl sites for hydroxylation is 1. The van der Waals surface area contributed by atoms with Crippen molar-refractivity contribution in [3.63, 3.8) is 0 Å². The lowest BCUT2D eigenvalue weighted by molar-refractivity contribution is -0.146. The van der Waals surface area contributed by atoms with E-state index in [0.29, 0.717) is 36.6 Å². The topological polar surface area (TPSA) is 101 Å². The van der Waals surface area contributed by atoms with Crippen LogP contribution in [0.4, 0.5) is 0 Å². The third-order valence-corrected chi connectivity index (χ3v) is 7.05. The second kappa shape index (κ2) is 6.31. The van der Waals surface area contributed by atoms with E-state index in [0.717, 1.165) is 32.2 Å². The van der Waals surface area contributed by atoms with Gasteiger partial charge in [-0.25, -0.2) is 13.6 Å². The van der Waals surface area contributed by atoms with Crippen molar-refractivity contribution in [3.8, 4) is 0 Å². The highest BCUT2D eigenvalue weighted by molar-refractivity contribution is 7.89. The van der Waals surface area contributed by atoms with Crippen LogP contribution in [0.25, 0.3) is 0 Å². The van der Waals surface area contributed by atoms with Gasteiger partial charge in [-0.15, -0.1) is 0 Å². The molecule has 1 saturated carbocycles. The maximum Gasteiger partial charge on any atom is 0.255 e. The van der Waals surface area contributed by atoms with Crippen LogP contribution in [0, 0.1) is 6.92 Å². The van der Waals surface area contributed by atoms with Gasteiger partial charge in [0.1, 0.15) is 5.54 Å². The summed E-state index contributed by atoms with van der Waals surface area (Å²) in [6.07, 6.45) is 5.12. The first kappa shape index (κ1) is 18.4. The number of hydrogen-bond donors (Lipinski definition) is 1. The molecule has 1 unspecified atom stereocenters. The molecule has 7 nitrogen and oxygen atoms in total. The Bertz CT molecular complexity index is 910. The number of hydrogen-bond acceptors (Lipinski definition) is 4. The predicted molar refractivity (Wildman–Crippen MR) is 99.5 cm³/mol. The Morgan fingerprint density at radius 3 is 2.48 bits per heavy atom. The number of nitrogens with two attached hydrogens (primary N) is 1. The van der Waals surface area contributed by atoms with Crippen molar-refractivity contribution >= 4 is 21.8 Å². The van der Waals surface area contributed by atoms with E-state index in [4.69, 9.17) is 5.14 Å². The monoisotopic (exact) mass is 391 g/mol. The number of amides is 2. The summed E-state index contributed by atoms with van der Waals surface area (Å²) in [5.74, 6) is -0.205. The Kier molecular flexibility index (Phi) is 4.31. The Labute approximate surface area is 159 Å². The van der Waals surface area contributed by atoms with E-state index in [1.807, 2.05) is 4.90 Å². The highest BCUT2D eigenvalue weighted by atomic mass is 32.2. The fourth-order valence-corrected chi connectivity index (χ4v) is 5.10. The first-order valence-electron chi connectivity index (χ1n) is 9.50. The second-order valence-corrected chi connectivity index (χ2v) is 9.51. The molecule has 2 aliphatic heterocycles. The smallest absolute Gasteiger partial charge is 0.255 e. The van der Waals surface area contributed by atoms with Crippen LogP contribution in [-0.2, 0) is 14.8 Å². The fourth-order valence-electron chi connectivity index (χ4n) is 4.56. The molecule has 1 aromatic carbocycles. The quantitative estimate of drug-likeness (QED) is 0.842. The van der Waals surface area contributed by atoms with Crippen LogP contribution in [0.1, 0.15) is 54.4 Å². The number of carbonyl (C=O) groups excluding carboxylic acids is 2. The lowest BCUT2D eigenvalue weighted by Crippen LogP contribution is -2.61. The van der Waals surface area contributed by atoms with Gasteiger partial charge in [-0.1, -0.05) is 6.07 Å². The SMILES string of the molecule is Cc1ccc(S(N)(=O)=O)cc1C(=O)N1CCCC12CCCN(C1CC1)C2=O. The van der Waals surface area contributed by atoms with Crippen LogP contribution in [0.3, 0.4) is 0 Å². The minimum atomic E-state index is -3.90. The number of sulfonamides is 1. The molecule has 2 amide bonds. The van der Waals surface area contributed by atoms with Crippen LogP contribution < -0.4 is 5.14 Å². The number of primary sulfonamides is 1. The average Bonchev–Trinajstić information content (AvgIpc) is 3.37. The second-order valence-electron chi connectivity index (χ2n) is 7.95. The van der Waals surface area contributed by atoms with E-state index in [1.54, 1.807) is 17.9 Å². The minimum absolute atomic E-state index is 0.0716. The van der Waals surface area contributed by atoms with E-state index in [9.17, 15) is 18.0 Å². The molecular formula is C19H25N3O4S. The minimum Gasteiger partial charge on any atom is -0.338 e. The fraction of sp³-hybridized carbons (Fsp3) is 0.579. The number of benzene rings is 1. The van der Waals surface area contributed by atoms with E-state index in [1.165, 1.54) is 12.1 Å². The zero-order valence-electron chi connectivity index (χ0n) is 15.5. The van der Waals surface area contributed by atoms with E-state index >= 15 is 0 Å². The summed E-state index contributed by atoms with van der Waals surface area (Å²) < 4.78 is 23.4. The van der Waals surface area contributed by atoms with Crippen molar-refractivity contribution in [3.05, 3.63) is 29.3 Å². The Morgan fingerprint density at radius 1 is 1.19 bits per heavy atom. The third kappa shape index (κ3) is 3.04. The molecule has 27 heavy (non-hydrogen) atoms. The van der Waals surface area contributed by atoms with Crippen molar-refractivity contribution < 1.29 is 18.0 Å². The molecule has 0 bridgehead atoms. The van der Waals surface area contributed by atoms with Crippen molar-refractivity contribution in [2.24, 2.45) is 5.14 Å². The number of likely N-dealkylation sites (tertiary alicyclic amines) is 2. The van der Waals surface area contributed by atoms with Gasteiger partial charge in [0.15, 0.2) is 0 Å². The highest BCUT2D eigenvalue weighted by Crippen LogP contribution is 2.42. The number of nitrogens with zero attached hydrogens (tertiary/aromatic N) is 2. The van der Waals surface area contributed by atoms with Crippen LogP contribution in [-0.4, -0.2) is 54.7 Å². The molecule has 3 fully saturated rings. The van der Waals surface area contributed by atoms with E-state index < -0.39 is 15.6 Å². The van der Waals surface area contributed by atoms with Crippen molar-refractivity contribution in [2.75, 3.05) is 13.1 Å². The van der Waals surface area contributed by atoms with Crippen LogP contribution >= 0.6 is 0 Å². The normalized spacial score (nSPS) is 26.1. The van der Waals surface area contributed by atoms with Crippen LogP contribution in [0.15, 0.2) is 23.1 Å². The van der Waals surface area contributed by atoms with Gasteiger partial charge in [0.2, 0.25) is 15.9 Å². The molecule has 1 aromatic rings. The molecule has 2 heterocycles. The standard InChI is InChI=1S/C19H25N3O4S/c1-13-4-7-15(27(20,25)26)12-16(13)17(23)22-11-3-9-19(22)8-2-10-21(18(19)24)14-5-6-14/h4,7,12,14H,2-3,5-6,8-11H2,1H3,(H2,20,25,26). The summed E-state index contributed by atoms with van der Waals surface area (Å²) >= 11 is 0. The summed E-state index contributed by atoms with van der Waals surface area (Å²) in [6, 6.07) is 4.67. The molecule has 0 aromatic heterocycles. The average molecular weight is 391 g/mol. The summed E-state index contributed by atoms with van der Waals surface area (Å²) in [6.45, 7) is 3.05. The number of carbonyl (C=O) groups is 2. The van der Waals surface area contributed by atoms with Gasteiger partial charge in [0, 0.05) is 24.7 Å². The summed E-state index contributed by atoms with van der Waals surface area (Å²) in [5.41, 5.74) is 0.206. The number of piperidine rings is 1. The lowest BCUT2D eigenvalue weighted by atomic mass is 9.84. The predicted octanol–water partition coefficient (Wildman–Crippen LogP) is 1.40. The summed E-state index contributed by atoms with van der Waals surface area (Å²) in [5, 5.41) is 5.23. The van der Waals surface area contributed by atoms with Gasteiger partial charge in [0.25, 0.3) is 5.91 Å². The Morgan fingerprint density at radius 2 is 1.85 bits per heavy atom. The molecule has 2 saturated heterocycles. The summed E-state index contributed by atoms with van der Waals surface area (Å²) in [4.78, 5) is 30.3. The van der Waals surface area contributed by atoms with Crippen molar-refractivity contribution in [2.45, 2.75) is 61.9 Å². The van der Waals surface area contributed by atoms with Gasteiger partial charge < -0.3 is 9.80 Å².